The first-order chi connectivity index (χ1) is 8.68. The molecule has 1 heterocycles. The third-order valence-corrected chi connectivity index (χ3v) is 2.84. The second-order valence-electron chi connectivity index (χ2n) is 4.80. The SMILES string of the molecule is CSc1nnc(C(C)(C)C)c(=O)n1NC(O)C(=O)O. The molecule has 0 aliphatic carbocycles. The van der Waals surface area contributed by atoms with Gasteiger partial charge in [-0.05, 0) is 6.26 Å². The van der Waals surface area contributed by atoms with E-state index in [0.717, 1.165) is 16.4 Å². The molecule has 0 aliphatic rings. The largest absolute Gasteiger partial charge is 0.478 e. The van der Waals surface area contributed by atoms with Gasteiger partial charge in [0, 0.05) is 5.41 Å². The monoisotopic (exact) mass is 288 g/mol. The van der Waals surface area contributed by atoms with Crippen molar-refractivity contribution in [3.63, 3.8) is 0 Å². The van der Waals surface area contributed by atoms with E-state index < -0.39 is 23.2 Å². The zero-order chi connectivity index (χ0) is 14.8. The maximum atomic E-state index is 12.2. The first-order valence-electron chi connectivity index (χ1n) is 5.40. The number of aliphatic hydroxyl groups is 1. The Kier molecular flexibility index (Phi) is 4.53. The lowest BCUT2D eigenvalue weighted by molar-refractivity contribution is -0.145. The number of carboxylic acids is 1. The quantitative estimate of drug-likeness (QED) is 0.506. The summed E-state index contributed by atoms with van der Waals surface area (Å²) < 4.78 is 0.900. The summed E-state index contributed by atoms with van der Waals surface area (Å²) in [5.41, 5.74) is 1.28. The summed E-state index contributed by atoms with van der Waals surface area (Å²) in [5.74, 6) is -1.49. The van der Waals surface area contributed by atoms with E-state index >= 15 is 0 Å². The van der Waals surface area contributed by atoms with Crippen molar-refractivity contribution in [2.24, 2.45) is 0 Å². The van der Waals surface area contributed by atoms with Crippen LogP contribution in [-0.4, -0.2) is 43.5 Å². The molecule has 0 radical (unpaired) electrons. The lowest BCUT2D eigenvalue weighted by Crippen LogP contribution is -2.44. The molecule has 0 aromatic carbocycles. The van der Waals surface area contributed by atoms with Crippen LogP contribution < -0.4 is 11.0 Å². The maximum Gasteiger partial charge on any atom is 0.355 e. The number of carbonyl (C=O) groups is 1. The van der Waals surface area contributed by atoms with Crippen molar-refractivity contribution in [3.8, 4) is 0 Å². The minimum absolute atomic E-state index is 0.165. The summed E-state index contributed by atoms with van der Waals surface area (Å²) in [6.45, 7) is 5.36. The van der Waals surface area contributed by atoms with Gasteiger partial charge in [0.15, 0.2) is 0 Å². The standard InChI is InChI=1S/C10H16N4O4S/c1-10(2,3)5-7(16)14(9(19-4)12-11-5)13-6(15)8(17)18/h6,13,15H,1-4H3,(H,17,18). The summed E-state index contributed by atoms with van der Waals surface area (Å²) in [4.78, 5) is 22.9. The molecule has 0 aliphatic heterocycles. The van der Waals surface area contributed by atoms with Crippen molar-refractivity contribution in [2.45, 2.75) is 37.6 Å². The lowest BCUT2D eigenvalue weighted by Gasteiger charge is -2.20. The predicted molar refractivity (Wildman–Crippen MR) is 69.8 cm³/mol. The van der Waals surface area contributed by atoms with E-state index in [0.29, 0.717) is 0 Å². The number of thioether (sulfide) groups is 1. The molecule has 0 amide bonds. The minimum Gasteiger partial charge on any atom is -0.478 e. The highest BCUT2D eigenvalue weighted by Crippen LogP contribution is 2.17. The van der Waals surface area contributed by atoms with Gasteiger partial charge in [-0.2, -0.15) is 4.68 Å². The number of hydrogen-bond donors (Lipinski definition) is 3. The van der Waals surface area contributed by atoms with Crippen LogP contribution >= 0.6 is 11.8 Å². The van der Waals surface area contributed by atoms with Gasteiger partial charge in [0.25, 0.3) is 5.56 Å². The molecule has 3 N–H and O–H groups in total. The third kappa shape index (κ3) is 3.44. The van der Waals surface area contributed by atoms with Gasteiger partial charge in [-0.15, -0.1) is 10.2 Å². The zero-order valence-corrected chi connectivity index (χ0v) is 11.9. The Morgan fingerprint density at radius 2 is 2.00 bits per heavy atom. The zero-order valence-electron chi connectivity index (χ0n) is 11.0. The Morgan fingerprint density at radius 1 is 1.42 bits per heavy atom. The normalized spacial score (nSPS) is 13.1. The topological polar surface area (TPSA) is 117 Å². The molecule has 0 saturated heterocycles. The molecule has 0 fully saturated rings. The number of carboxylic acid groups (broad SMARTS) is 1. The van der Waals surface area contributed by atoms with Crippen LogP contribution in [0.4, 0.5) is 0 Å². The molecular formula is C10H16N4O4S. The van der Waals surface area contributed by atoms with E-state index in [1.54, 1.807) is 27.0 Å². The first kappa shape index (κ1) is 15.4. The fraction of sp³-hybridized carbons (Fsp3) is 0.600. The van der Waals surface area contributed by atoms with Crippen LogP contribution in [0.15, 0.2) is 9.95 Å². The van der Waals surface area contributed by atoms with Crippen LogP contribution in [-0.2, 0) is 10.2 Å². The fourth-order valence-electron chi connectivity index (χ4n) is 1.27. The van der Waals surface area contributed by atoms with Gasteiger partial charge in [-0.3, -0.25) is 10.2 Å². The van der Waals surface area contributed by atoms with Crippen LogP contribution in [0.25, 0.3) is 0 Å². The van der Waals surface area contributed by atoms with Gasteiger partial charge in [0.2, 0.25) is 11.4 Å². The molecule has 0 bridgehead atoms. The molecule has 106 valence electrons. The summed E-state index contributed by atoms with van der Waals surface area (Å²) in [5, 5.41) is 25.8. The Morgan fingerprint density at radius 3 is 2.42 bits per heavy atom. The number of aromatic nitrogens is 3. The fourth-order valence-corrected chi connectivity index (χ4v) is 1.71. The van der Waals surface area contributed by atoms with Gasteiger partial charge in [0.1, 0.15) is 5.69 Å². The summed E-state index contributed by atoms with van der Waals surface area (Å²) in [6, 6.07) is 0. The molecule has 1 atom stereocenters. The maximum absolute atomic E-state index is 12.2. The van der Waals surface area contributed by atoms with Crippen LogP contribution in [0, 0.1) is 0 Å². The number of aliphatic hydroxyl groups excluding tert-OH is 1. The van der Waals surface area contributed by atoms with Crippen molar-refractivity contribution in [2.75, 3.05) is 11.7 Å². The van der Waals surface area contributed by atoms with Crippen LogP contribution in [0.3, 0.4) is 0 Å². The third-order valence-electron chi connectivity index (χ3n) is 2.21. The Hall–Kier alpha value is -1.61. The second kappa shape index (κ2) is 5.57. The van der Waals surface area contributed by atoms with Gasteiger partial charge < -0.3 is 10.2 Å². The van der Waals surface area contributed by atoms with E-state index in [-0.39, 0.29) is 10.9 Å². The summed E-state index contributed by atoms with van der Waals surface area (Å²) in [7, 11) is 0. The Labute approximate surface area is 113 Å². The van der Waals surface area contributed by atoms with E-state index in [2.05, 4.69) is 15.6 Å². The van der Waals surface area contributed by atoms with Gasteiger partial charge >= 0.3 is 5.97 Å². The average Bonchev–Trinajstić information content (AvgIpc) is 2.29. The van der Waals surface area contributed by atoms with E-state index in [1.165, 1.54) is 0 Å². The summed E-state index contributed by atoms with van der Waals surface area (Å²) >= 11 is 1.11. The highest BCUT2D eigenvalue weighted by Gasteiger charge is 2.25. The average molecular weight is 288 g/mol. The minimum atomic E-state index is -1.90. The van der Waals surface area contributed by atoms with Crippen molar-refractivity contribution in [1.82, 2.24) is 14.9 Å². The van der Waals surface area contributed by atoms with Gasteiger partial charge in [-0.25, -0.2) is 4.79 Å². The molecule has 9 heteroatoms. The molecule has 0 saturated carbocycles. The van der Waals surface area contributed by atoms with Crippen LogP contribution in [0.2, 0.25) is 0 Å². The number of nitrogens with one attached hydrogen (secondary N) is 1. The smallest absolute Gasteiger partial charge is 0.355 e. The molecule has 1 unspecified atom stereocenters. The molecule has 19 heavy (non-hydrogen) atoms. The molecule has 0 spiro atoms. The van der Waals surface area contributed by atoms with Crippen LogP contribution in [0.5, 0.6) is 0 Å². The second-order valence-corrected chi connectivity index (χ2v) is 5.57. The number of aliphatic carboxylic acids is 1. The predicted octanol–water partition coefficient (Wildman–Crippen LogP) is -0.396. The molecule has 1 aromatic heterocycles. The highest BCUT2D eigenvalue weighted by atomic mass is 32.2. The molecule has 8 nitrogen and oxygen atoms in total. The molecular weight excluding hydrogens is 272 g/mol. The summed E-state index contributed by atoms with van der Waals surface area (Å²) in [6.07, 6.45) is -0.244. The van der Waals surface area contributed by atoms with Gasteiger partial charge in [-0.1, -0.05) is 32.5 Å². The van der Waals surface area contributed by atoms with Crippen molar-refractivity contribution >= 4 is 17.7 Å². The molecule has 1 rings (SSSR count). The van der Waals surface area contributed by atoms with E-state index in [4.69, 9.17) is 5.11 Å². The van der Waals surface area contributed by atoms with E-state index in [9.17, 15) is 14.7 Å². The lowest BCUT2D eigenvalue weighted by atomic mass is 9.93. The highest BCUT2D eigenvalue weighted by molar-refractivity contribution is 7.98. The Balaban J connectivity index is 3.35. The van der Waals surface area contributed by atoms with Crippen LogP contribution in [0.1, 0.15) is 26.5 Å². The number of rotatable bonds is 4. The van der Waals surface area contributed by atoms with E-state index in [1.807, 2.05) is 0 Å². The number of hydrogen-bond acceptors (Lipinski definition) is 7. The van der Waals surface area contributed by atoms with Gasteiger partial charge in [0.05, 0.1) is 0 Å². The van der Waals surface area contributed by atoms with Crippen molar-refractivity contribution < 1.29 is 15.0 Å². The van der Waals surface area contributed by atoms with Crippen molar-refractivity contribution in [3.05, 3.63) is 16.0 Å². The number of nitrogens with zero attached hydrogens (tertiary/aromatic N) is 3. The van der Waals surface area contributed by atoms with Crippen molar-refractivity contribution in [1.29, 1.82) is 0 Å². The molecule has 1 aromatic rings. The first-order valence-corrected chi connectivity index (χ1v) is 6.62. The Bertz CT molecular complexity index is 537.